The van der Waals surface area contributed by atoms with Crippen LogP contribution in [0.15, 0.2) is 36.4 Å². The molecule has 1 atom stereocenters. The van der Waals surface area contributed by atoms with Crippen LogP contribution in [0.4, 0.5) is 0 Å². The molecule has 0 amide bonds. The van der Waals surface area contributed by atoms with Gasteiger partial charge in [0.15, 0.2) is 5.52 Å². The van der Waals surface area contributed by atoms with Gasteiger partial charge in [-0.15, -0.1) is 0 Å². The van der Waals surface area contributed by atoms with Gasteiger partial charge in [0.2, 0.25) is 0 Å². The maximum absolute atomic E-state index is 12.9. The van der Waals surface area contributed by atoms with Crippen LogP contribution in [0.3, 0.4) is 0 Å². The Morgan fingerprint density at radius 1 is 1.04 bits per heavy atom. The molecule has 2 rings (SSSR count). The first kappa shape index (κ1) is 23.0. The fourth-order valence-corrected chi connectivity index (χ4v) is 3.92. The molecule has 0 fully saturated rings. The summed E-state index contributed by atoms with van der Waals surface area (Å²) >= 11 is 0. The fraction of sp³-hybridized carbons (Fsp3) is 0.409. The summed E-state index contributed by atoms with van der Waals surface area (Å²) < 4.78 is 5.60. The van der Waals surface area contributed by atoms with Crippen LogP contribution in [0.1, 0.15) is 61.2 Å². The Hall–Kier alpha value is -1.06. The Kier molecular flexibility index (Phi) is 8.62. The molecule has 2 aromatic rings. The minimum Gasteiger partial charge on any atom is -0.494 e. The number of hydrogen-bond donors (Lipinski definition) is 0. The smallest absolute Gasteiger partial charge is 0.186 e. The van der Waals surface area contributed by atoms with Crippen molar-refractivity contribution in [1.29, 1.82) is 0 Å². The van der Waals surface area contributed by atoms with E-state index in [9.17, 15) is 4.79 Å². The number of hydrogen-bond acceptors (Lipinski definition) is 2. The minimum absolute atomic E-state index is 0. The third-order valence-electron chi connectivity index (χ3n) is 4.21. The molecule has 0 bridgehead atoms. The predicted molar refractivity (Wildman–Crippen MR) is 115 cm³/mol. The number of rotatable bonds is 6. The monoisotopic (exact) mass is 363 g/mol. The van der Waals surface area contributed by atoms with Crippen LogP contribution < -0.4 is 10.0 Å². The van der Waals surface area contributed by atoms with Gasteiger partial charge in [0.25, 0.3) is 0 Å². The van der Waals surface area contributed by atoms with Gasteiger partial charge >= 0.3 is 0 Å². The van der Waals surface area contributed by atoms with Crippen LogP contribution in [0.2, 0.25) is 0 Å². The van der Waals surface area contributed by atoms with E-state index in [-0.39, 0.29) is 38.4 Å². The molecule has 1 unspecified atom stereocenters. The number of aryl methyl sites for hydroxylation is 2. The quantitative estimate of drug-likeness (QED) is 0.524. The SMILES string of the molecule is CCCOc1ccc(PC(=O)c2c(C)cc(C(C)(C)C)cc2C)cc1.[Li]. The number of carbonyl (C=O) groups excluding carboxylic acids is 1. The topological polar surface area (TPSA) is 26.3 Å². The van der Waals surface area contributed by atoms with Crippen molar-refractivity contribution in [1.82, 2.24) is 0 Å². The van der Waals surface area contributed by atoms with Crippen molar-refractivity contribution < 1.29 is 9.53 Å². The summed E-state index contributed by atoms with van der Waals surface area (Å²) in [5.74, 6) is 0.866. The molecule has 0 spiro atoms. The van der Waals surface area contributed by atoms with Crippen molar-refractivity contribution in [3.8, 4) is 5.75 Å². The second kappa shape index (κ2) is 9.75. The molecule has 0 aliphatic carbocycles. The van der Waals surface area contributed by atoms with Gasteiger partial charge in [0.05, 0.1) is 6.61 Å². The second-order valence-corrected chi connectivity index (χ2v) is 8.84. The van der Waals surface area contributed by atoms with E-state index >= 15 is 0 Å². The van der Waals surface area contributed by atoms with Gasteiger partial charge in [0, 0.05) is 24.4 Å². The van der Waals surface area contributed by atoms with Crippen LogP contribution >= 0.6 is 8.58 Å². The normalized spacial score (nSPS) is 11.5. The zero-order valence-electron chi connectivity index (χ0n) is 17.2. The average Bonchev–Trinajstić information content (AvgIpc) is 2.52. The molecule has 1 radical (unpaired) electrons. The van der Waals surface area contributed by atoms with Crippen molar-refractivity contribution in [2.24, 2.45) is 0 Å². The summed E-state index contributed by atoms with van der Waals surface area (Å²) in [6.45, 7) is 13.5. The Balaban J connectivity index is 0.00000338. The van der Waals surface area contributed by atoms with Crippen LogP contribution in [-0.2, 0) is 5.41 Å². The first-order chi connectivity index (χ1) is 11.7. The molecule has 0 aromatic heterocycles. The predicted octanol–water partition coefficient (Wildman–Crippen LogP) is 5.15. The van der Waals surface area contributed by atoms with E-state index in [0.717, 1.165) is 40.8 Å². The molecule has 26 heavy (non-hydrogen) atoms. The van der Waals surface area contributed by atoms with Gasteiger partial charge in [0.1, 0.15) is 5.75 Å². The van der Waals surface area contributed by atoms with Crippen molar-refractivity contribution >= 4 is 38.3 Å². The average molecular weight is 363 g/mol. The number of ether oxygens (including phenoxy) is 1. The van der Waals surface area contributed by atoms with E-state index in [1.54, 1.807) is 0 Å². The molecular formula is C22H29LiO2P. The van der Waals surface area contributed by atoms with Gasteiger partial charge < -0.3 is 4.74 Å². The molecule has 0 saturated carbocycles. The fourth-order valence-electron chi connectivity index (χ4n) is 2.80. The Morgan fingerprint density at radius 2 is 1.58 bits per heavy atom. The van der Waals surface area contributed by atoms with Crippen molar-refractivity contribution in [2.45, 2.75) is 53.4 Å². The summed E-state index contributed by atoms with van der Waals surface area (Å²) in [6.07, 6.45) is 0.991. The molecule has 0 aliphatic rings. The standard InChI is InChI=1S/C22H29O2P.Li/c1-7-12-24-18-8-10-19(11-9-18)25-21(23)20-15(2)13-17(14-16(20)3)22(4,5)6;/h8-11,13-14,25H,7,12H2,1-6H3;. The molecule has 0 N–H and O–H groups in total. The zero-order valence-corrected chi connectivity index (χ0v) is 18.2. The number of carbonyl (C=O) groups is 1. The van der Waals surface area contributed by atoms with E-state index in [1.807, 2.05) is 38.1 Å². The minimum atomic E-state index is 0. The molecule has 4 heteroatoms. The molecule has 0 heterocycles. The van der Waals surface area contributed by atoms with Crippen molar-refractivity contribution in [3.63, 3.8) is 0 Å². The molecular weight excluding hydrogens is 334 g/mol. The molecule has 0 aliphatic heterocycles. The van der Waals surface area contributed by atoms with E-state index < -0.39 is 0 Å². The zero-order chi connectivity index (χ0) is 18.6. The van der Waals surface area contributed by atoms with E-state index in [0.29, 0.717) is 0 Å². The maximum atomic E-state index is 12.9. The Morgan fingerprint density at radius 3 is 2.04 bits per heavy atom. The third-order valence-corrected chi connectivity index (χ3v) is 5.31. The van der Waals surface area contributed by atoms with E-state index in [4.69, 9.17) is 4.74 Å². The van der Waals surface area contributed by atoms with Crippen molar-refractivity contribution in [3.05, 3.63) is 58.7 Å². The van der Waals surface area contributed by atoms with Crippen LogP contribution in [-0.4, -0.2) is 31.0 Å². The largest absolute Gasteiger partial charge is 0.494 e. The summed E-state index contributed by atoms with van der Waals surface area (Å²) in [4.78, 5) is 12.9. The summed E-state index contributed by atoms with van der Waals surface area (Å²) in [7, 11) is 0.136. The molecule has 0 saturated heterocycles. The van der Waals surface area contributed by atoms with Gasteiger partial charge in [-0.3, -0.25) is 4.79 Å². The van der Waals surface area contributed by atoms with E-state index in [1.165, 1.54) is 5.56 Å². The Labute approximate surface area is 172 Å². The molecule has 135 valence electrons. The maximum Gasteiger partial charge on any atom is 0.186 e. The van der Waals surface area contributed by atoms with Crippen LogP contribution in [0.5, 0.6) is 5.75 Å². The summed E-state index contributed by atoms with van der Waals surface area (Å²) in [5, 5.41) is 1.05. The van der Waals surface area contributed by atoms with Gasteiger partial charge in [-0.2, -0.15) is 0 Å². The Bertz CT molecular complexity index is 723. The second-order valence-electron chi connectivity index (χ2n) is 7.56. The summed E-state index contributed by atoms with van der Waals surface area (Å²) in [5.41, 5.74) is 4.60. The first-order valence-corrected chi connectivity index (χ1v) is 9.88. The molecule has 2 aromatic carbocycles. The van der Waals surface area contributed by atoms with Gasteiger partial charge in [-0.05, 0) is 68.4 Å². The van der Waals surface area contributed by atoms with Crippen molar-refractivity contribution in [2.75, 3.05) is 6.61 Å². The van der Waals surface area contributed by atoms with Crippen LogP contribution in [0.25, 0.3) is 0 Å². The third kappa shape index (κ3) is 5.99. The van der Waals surface area contributed by atoms with Gasteiger partial charge in [-0.1, -0.05) is 52.0 Å². The van der Waals surface area contributed by atoms with Crippen LogP contribution in [0, 0.1) is 13.8 Å². The molecule has 2 nitrogen and oxygen atoms in total. The van der Waals surface area contributed by atoms with E-state index in [2.05, 4.69) is 39.8 Å². The summed E-state index contributed by atoms with van der Waals surface area (Å²) in [6, 6.07) is 12.2. The first-order valence-electron chi connectivity index (χ1n) is 8.88. The van der Waals surface area contributed by atoms with Gasteiger partial charge in [-0.25, -0.2) is 0 Å². The number of benzene rings is 2.